The third-order valence-corrected chi connectivity index (χ3v) is 7.50. The molecule has 2 fully saturated rings. The maximum atomic E-state index is 6.49. The van der Waals surface area contributed by atoms with Crippen LogP contribution >= 0.6 is 46.4 Å². The summed E-state index contributed by atoms with van der Waals surface area (Å²) < 4.78 is 13.0. The van der Waals surface area contributed by atoms with Gasteiger partial charge in [0.25, 0.3) is 0 Å². The SMILES string of the molecule is CC1(C)C[C@H](N=Cc2c(Cl)cccc2Cl)[C@H]([C@@H]2OC(C)(C)C[C@@H]2N=Cc2c(Cl)cccc2Cl)O1. The molecule has 0 spiro atoms. The molecular weight excluding hydrogens is 514 g/mol. The maximum absolute atomic E-state index is 6.49. The first-order valence-corrected chi connectivity index (χ1v) is 12.8. The molecule has 2 heterocycles. The Bertz CT molecular complexity index is 988. The molecule has 182 valence electrons. The lowest BCUT2D eigenvalue weighted by molar-refractivity contribution is -0.114. The van der Waals surface area contributed by atoms with Gasteiger partial charge in [-0.2, -0.15) is 0 Å². The number of hydrogen-bond acceptors (Lipinski definition) is 4. The number of aliphatic imine (C=N–C) groups is 2. The number of benzene rings is 2. The molecule has 4 rings (SSSR count). The van der Waals surface area contributed by atoms with Gasteiger partial charge >= 0.3 is 0 Å². The molecule has 34 heavy (non-hydrogen) atoms. The molecule has 2 aliphatic rings. The summed E-state index contributed by atoms with van der Waals surface area (Å²) in [5.74, 6) is 0. The smallest absolute Gasteiger partial charge is 0.109 e. The van der Waals surface area contributed by atoms with Crippen molar-refractivity contribution in [2.75, 3.05) is 0 Å². The number of halogens is 4. The van der Waals surface area contributed by atoms with Crippen LogP contribution in [-0.2, 0) is 9.47 Å². The van der Waals surface area contributed by atoms with Crippen LogP contribution in [-0.4, -0.2) is 47.9 Å². The van der Waals surface area contributed by atoms with Crippen LogP contribution in [0, 0.1) is 0 Å². The van der Waals surface area contributed by atoms with Gasteiger partial charge in [0.2, 0.25) is 0 Å². The first kappa shape index (κ1) is 25.9. The Labute approximate surface area is 221 Å². The summed E-state index contributed by atoms with van der Waals surface area (Å²) in [6.45, 7) is 8.28. The summed E-state index contributed by atoms with van der Waals surface area (Å²) in [6, 6.07) is 10.6. The summed E-state index contributed by atoms with van der Waals surface area (Å²) in [5, 5.41) is 2.23. The number of rotatable bonds is 5. The molecule has 0 unspecified atom stereocenters. The highest BCUT2D eigenvalue weighted by molar-refractivity contribution is 6.39. The monoisotopic (exact) mass is 540 g/mol. The molecule has 0 N–H and O–H groups in total. The molecule has 2 aromatic rings. The topological polar surface area (TPSA) is 43.2 Å². The Morgan fingerprint density at radius 2 is 1.00 bits per heavy atom. The van der Waals surface area contributed by atoms with Crippen molar-refractivity contribution in [2.45, 2.75) is 76.0 Å². The predicted octanol–water partition coefficient (Wildman–Crippen LogP) is 7.71. The molecule has 2 aliphatic heterocycles. The minimum atomic E-state index is -0.354. The zero-order chi connectivity index (χ0) is 24.7. The predicted molar refractivity (Wildman–Crippen MR) is 143 cm³/mol. The Balaban J connectivity index is 1.63. The van der Waals surface area contributed by atoms with E-state index in [1.807, 2.05) is 12.1 Å². The molecular formula is C26H28Cl4N2O2. The van der Waals surface area contributed by atoms with Gasteiger partial charge in [0.05, 0.1) is 43.4 Å². The van der Waals surface area contributed by atoms with Crippen LogP contribution in [0.15, 0.2) is 46.4 Å². The Hall–Kier alpha value is -1.14. The highest BCUT2D eigenvalue weighted by Crippen LogP contribution is 2.42. The molecule has 2 aromatic carbocycles. The minimum absolute atomic E-state index is 0.136. The van der Waals surface area contributed by atoms with Crippen LogP contribution < -0.4 is 0 Å². The van der Waals surface area contributed by atoms with E-state index in [4.69, 9.17) is 65.9 Å². The van der Waals surface area contributed by atoms with E-state index in [0.29, 0.717) is 31.2 Å². The van der Waals surface area contributed by atoms with Gasteiger partial charge in [-0.05, 0) is 52.0 Å². The van der Waals surface area contributed by atoms with Gasteiger partial charge in [0, 0.05) is 36.4 Å². The summed E-state index contributed by atoms with van der Waals surface area (Å²) in [5.41, 5.74) is 0.690. The molecule has 0 aromatic heterocycles. The summed E-state index contributed by atoms with van der Waals surface area (Å²) in [7, 11) is 0. The lowest BCUT2D eigenvalue weighted by atomic mass is 9.94. The number of ether oxygens (including phenoxy) is 2. The first-order chi connectivity index (χ1) is 16.0. The van der Waals surface area contributed by atoms with Crippen molar-refractivity contribution in [3.8, 4) is 0 Å². The lowest BCUT2D eigenvalue weighted by Crippen LogP contribution is -2.40. The molecule has 0 amide bonds. The van der Waals surface area contributed by atoms with Crippen LogP contribution in [0.4, 0.5) is 0 Å². The first-order valence-electron chi connectivity index (χ1n) is 11.3. The van der Waals surface area contributed by atoms with E-state index in [1.54, 1.807) is 36.7 Å². The zero-order valence-electron chi connectivity index (χ0n) is 19.6. The van der Waals surface area contributed by atoms with Crippen molar-refractivity contribution < 1.29 is 9.47 Å². The summed E-state index contributed by atoms with van der Waals surface area (Å²) in [6.07, 6.45) is 4.41. The maximum Gasteiger partial charge on any atom is 0.109 e. The van der Waals surface area contributed by atoms with Crippen molar-refractivity contribution in [3.05, 3.63) is 67.6 Å². The fraction of sp³-hybridized carbons (Fsp3) is 0.462. The summed E-state index contributed by atoms with van der Waals surface area (Å²) >= 11 is 25.4. The third-order valence-electron chi connectivity index (χ3n) is 6.18. The quantitative estimate of drug-likeness (QED) is 0.364. The van der Waals surface area contributed by atoms with Gasteiger partial charge in [0.1, 0.15) is 12.2 Å². The average molecular weight is 542 g/mol. The van der Waals surface area contributed by atoms with Crippen molar-refractivity contribution >= 4 is 58.8 Å². The molecule has 4 nitrogen and oxygen atoms in total. The van der Waals surface area contributed by atoms with E-state index in [0.717, 1.165) is 12.8 Å². The van der Waals surface area contributed by atoms with E-state index >= 15 is 0 Å². The largest absolute Gasteiger partial charge is 0.367 e. The molecule has 8 heteroatoms. The lowest BCUT2D eigenvalue weighted by Gasteiger charge is -2.28. The normalized spacial score (nSPS) is 28.4. The second-order valence-corrected chi connectivity index (χ2v) is 11.7. The van der Waals surface area contributed by atoms with Crippen LogP contribution in [0.2, 0.25) is 20.1 Å². The highest BCUT2D eigenvalue weighted by atomic mass is 35.5. The average Bonchev–Trinajstić information content (AvgIpc) is 3.21. The Morgan fingerprint density at radius 1 is 0.676 bits per heavy atom. The van der Waals surface area contributed by atoms with E-state index in [-0.39, 0.29) is 35.5 Å². The van der Waals surface area contributed by atoms with E-state index in [2.05, 4.69) is 27.7 Å². The van der Waals surface area contributed by atoms with Gasteiger partial charge in [-0.25, -0.2) is 0 Å². The van der Waals surface area contributed by atoms with Gasteiger partial charge in [-0.3, -0.25) is 9.98 Å². The van der Waals surface area contributed by atoms with Crippen molar-refractivity contribution in [2.24, 2.45) is 9.98 Å². The Kier molecular flexibility index (Phi) is 7.69. The fourth-order valence-corrected chi connectivity index (χ4v) is 5.68. The second kappa shape index (κ2) is 10.1. The Morgan fingerprint density at radius 3 is 1.32 bits per heavy atom. The van der Waals surface area contributed by atoms with E-state index in [9.17, 15) is 0 Å². The van der Waals surface area contributed by atoms with E-state index < -0.39 is 0 Å². The van der Waals surface area contributed by atoms with Gasteiger partial charge in [-0.15, -0.1) is 0 Å². The van der Waals surface area contributed by atoms with E-state index in [1.165, 1.54) is 0 Å². The number of hydrogen-bond donors (Lipinski definition) is 0. The standard InChI is InChI=1S/C26H28Cl4N2O2/c1-25(2)11-21(31-13-15-17(27)7-5-8-18(15)28)23(33-25)24-22(12-26(3,4)34-24)32-14-16-19(29)9-6-10-20(16)30/h5-10,13-14,21-24H,11-12H2,1-4H3/t21-,22-,23+,24+/m0/s1. The second-order valence-electron chi connectivity index (χ2n) is 10.1. The zero-order valence-corrected chi connectivity index (χ0v) is 22.6. The van der Waals surface area contributed by atoms with Crippen molar-refractivity contribution in [1.29, 1.82) is 0 Å². The van der Waals surface area contributed by atoms with Crippen LogP contribution in [0.1, 0.15) is 51.7 Å². The van der Waals surface area contributed by atoms with Gasteiger partial charge < -0.3 is 9.47 Å². The van der Waals surface area contributed by atoms with Gasteiger partial charge in [-0.1, -0.05) is 58.5 Å². The molecule has 0 bridgehead atoms. The summed E-state index contributed by atoms with van der Waals surface area (Å²) in [4.78, 5) is 9.74. The van der Waals surface area contributed by atoms with Crippen LogP contribution in [0.3, 0.4) is 0 Å². The molecule has 2 saturated heterocycles. The fourth-order valence-electron chi connectivity index (χ4n) is 4.69. The molecule has 0 aliphatic carbocycles. The van der Waals surface area contributed by atoms with Crippen LogP contribution in [0.5, 0.6) is 0 Å². The third kappa shape index (κ3) is 5.80. The van der Waals surface area contributed by atoms with Gasteiger partial charge in [0.15, 0.2) is 0 Å². The van der Waals surface area contributed by atoms with Crippen molar-refractivity contribution in [3.63, 3.8) is 0 Å². The van der Waals surface area contributed by atoms with Crippen LogP contribution in [0.25, 0.3) is 0 Å². The highest BCUT2D eigenvalue weighted by Gasteiger charge is 2.52. The molecule has 0 radical (unpaired) electrons. The molecule has 4 atom stereocenters. The molecule has 0 saturated carbocycles. The van der Waals surface area contributed by atoms with Crippen molar-refractivity contribution in [1.82, 2.24) is 0 Å². The minimum Gasteiger partial charge on any atom is -0.367 e. The number of nitrogens with zero attached hydrogens (tertiary/aromatic N) is 2.